The number of benzene rings is 1. The molecule has 0 fully saturated rings. The summed E-state index contributed by atoms with van der Waals surface area (Å²) >= 11 is 1.80. The number of nitrogens with two attached hydrogens (primary N) is 1. The van der Waals surface area contributed by atoms with Gasteiger partial charge in [0.15, 0.2) is 0 Å². The third kappa shape index (κ3) is 3.30. The number of anilines is 2. The molecule has 16 heavy (non-hydrogen) atoms. The lowest BCUT2D eigenvalue weighted by Crippen LogP contribution is -2.33. The number of nitrogen functional groups attached to an aromatic ring is 1. The standard InChI is InChI=1S/C12H19FN2S/c1-4-11(8-16-3)15(2)12-6-9(13)5-10(14)7-12/h5-7,11H,4,8,14H2,1-3H3. The fraction of sp³-hybridized carbons (Fsp3) is 0.500. The smallest absolute Gasteiger partial charge is 0.127 e. The van der Waals surface area contributed by atoms with Gasteiger partial charge < -0.3 is 10.6 Å². The maximum atomic E-state index is 13.2. The van der Waals surface area contributed by atoms with Gasteiger partial charge in [-0.3, -0.25) is 0 Å². The maximum absolute atomic E-state index is 13.2. The molecule has 0 aromatic heterocycles. The molecule has 0 aliphatic heterocycles. The van der Waals surface area contributed by atoms with Crippen LogP contribution in [0.5, 0.6) is 0 Å². The van der Waals surface area contributed by atoms with E-state index in [1.807, 2.05) is 13.1 Å². The largest absolute Gasteiger partial charge is 0.399 e. The van der Waals surface area contributed by atoms with Gasteiger partial charge in [-0.2, -0.15) is 11.8 Å². The number of halogens is 1. The summed E-state index contributed by atoms with van der Waals surface area (Å²) in [4.78, 5) is 2.09. The molecule has 0 amide bonds. The van der Waals surface area contributed by atoms with Gasteiger partial charge in [0, 0.05) is 30.2 Å². The van der Waals surface area contributed by atoms with Crippen LogP contribution in [0.25, 0.3) is 0 Å². The van der Waals surface area contributed by atoms with Crippen molar-refractivity contribution in [2.45, 2.75) is 19.4 Å². The molecule has 0 radical (unpaired) electrons. The topological polar surface area (TPSA) is 29.3 Å². The van der Waals surface area contributed by atoms with E-state index in [9.17, 15) is 4.39 Å². The average Bonchev–Trinajstić information content (AvgIpc) is 2.23. The first-order chi connectivity index (χ1) is 7.58. The molecular formula is C12H19FN2S. The van der Waals surface area contributed by atoms with Crippen LogP contribution >= 0.6 is 11.8 Å². The van der Waals surface area contributed by atoms with Gasteiger partial charge >= 0.3 is 0 Å². The van der Waals surface area contributed by atoms with Crippen molar-refractivity contribution in [3.8, 4) is 0 Å². The van der Waals surface area contributed by atoms with E-state index in [1.165, 1.54) is 12.1 Å². The Hall–Kier alpha value is -0.900. The van der Waals surface area contributed by atoms with Gasteiger partial charge in [0.2, 0.25) is 0 Å². The molecule has 0 spiro atoms. The van der Waals surface area contributed by atoms with E-state index in [4.69, 9.17) is 5.73 Å². The summed E-state index contributed by atoms with van der Waals surface area (Å²) in [5.74, 6) is 0.754. The molecular weight excluding hydrogens is 223 g/mol. The van der Waals surface area contributed by atoms with Crippen molar-refractivity contribution in [1.82, 2.24) is 0 Å². The molecule has 1 rings (SSSR count). The van der Waals surface area contributed by atoms with Crippen molar-refractivity contribution in [3.63, 3.8) is 0 Å². The van der Waals surface area contributed by atoms with Crippen LogP contribution < -0.4 is 10.6 Å². The minimum Gasteiger partial charge on any atom is -0.399 e. The second-order valence-electron chi connectivity index (χ2n) is 3.87. The van der Waals surface area contributed by atoms with Crippen LogP contribution in [0.4, 0.5) is 15.8 Å². The molecule has 2 N–H and O–H groups in total. The van der Waals surface area contributed by atoms with Crippen LogP contribution in [0, 0.1) is 5.82 Å². The molecule has 1 unspecified atom stereocenters. The Morgan fingerprint density at radius 3 is 2.62 bits per heavy atom. The van der Waals surface area contributed by atoms with Crippen molar-refractivity contribution >= 4 is 23.1 Å². The van der Waals surface area contributed by atoms with Gasteiger partial charge in [0.05, 0.1) is 0 Å². The molecule has 0 aliphatic rings. The van der Waals surface area contributed by atoms with E-state index in [-0.39, 0.29) is 5.82 Å². The van der Waals surface area contributed by atoms with Crippen molar-refractivity contribution < 1.29 is 4.39 Å². The SMILES string of the molecule is CCC(CSC)N(C)c1cc(N)cc(F)c1. The number of thioether (sulfide) groups is 1. The second kappa shape index (κ2) is 5.99. The summed E-state index contributed by atoms with van der Waals surface area (Å²) in [5.41, 5.74) is 6.96. The summed E-state index contributed by atoms with van der Waals surface area (Å²) in [7, 11) is 1.98. The summed E-state index contributed by atoms with van der Waals surface area (Å²) in [6.45, 7) is 2.14. The minimum atomic E-state index is -0.277. The number of hydrogen-bond donors (Lipinski definition) is 1. The zero-order valence-electron chi connectivity index (χ0n) is 10.0. The highest BCUT2D eigenvalue weighted by Gasteiger charge is 2.13. The van der Waals surface area contributed by atoms with Crippen LogP contribution in [-0.2, 0) is 0 Å². The van der Waals surface area contributed by atoms with Crippen LogP contribution in [-0.4, -0.2) is 25.1 Å². The van der Waals surface area contributed by atoms with Crippen molar-refractivity contribution in [3.05, 3.63) is 24.0 Å². The molecule has 4 heteroatoms. The predicted molar refractivity (Wildman–Crippen MR) is 71.7 cm³/mol. The van der Waals surface area contributed by atoms with Crippen molar-refractivity contribution in [2.24, 2.45) is 0 Å². The lowest BCUT2D eigenvalue weighted by atomic mass is 10.2. The lowest BCUT2D eigenvalue weighted by molar-refractivity contribution is 0.623. The van der Waals surface area contributed by atoms with Crippen molar-refractivity contribution in [2.75, 3.05) is 29.7 Å². The van der Waals surface area contributed by atoms with Gasteiger partial charge in [0.1, 0.15) is 5.82 Å². The Labute approximate surface area is 101 Å². The highest BCUT2D eigenvalue weighted by atomic mass is 32.2. The van der Waals surface area contributed by atoms with Gasteiger partial charge in [-0.15, -0.1) is 0 Å². The normalized spacial score (nSPS) is 12.5. The Kier molecular flexibility index (Phi) is 4.93. The van der Waals surface area contributed by atoms with Gasteiger partial charge in [-0.1, -0.05) is 6.92 Å². The molecule has 2 nitrogen and oxygen atoms in total. The predicted octanol–water partition coefficient (Wildman–Crippen LogP) is 2.99. The first-order valence-electron chi connectivity index (χ1n) is 5.36. The van der Waals surface area contributed by atoms with Gasteiger partial charge in [-0.25, -0.2) is 4.39 Å². The first-order valence-corrected chi connectivity index (χ1v) is 6.75. The third-order valence-electron chi connectivity index (χ3n) is 2.69. The Bertz CT molecular complexity index is 324. The second-order valence-corrected chi connectivity index (χ2v) is 4.78. The molecule has 1 atom stereocenters. The van der Waals surface area contributed by atoms with Crippen LogP contribution in [0.2, 0.25) is 0 Å². The molecule has 90 valence electrons. The van der Waals surface area contributed by atoms with E-state index < -0.39 is 0 Å². The van der Waals surface area contributed by atoms with E-state index >= 15 is 0 Å². The zero-order valence-corrected chi connectivity index (χ0v) is 10.9. The number of rotatable bonds is 5. The maximum Gasteiger partial charge on any atom is 0.127 e. The van der Waals surface area contributed by atoms with Crippen LogP contribution in [0.15, 0.2) is 18.2 Å². The zero-order chi connectivity index (χ0) is 12.1. The third-order valence-corrected chi connectivity index (χ3v) is 3.41. The molecule has 0 saturated heterocycles. The highest BCUT2D eigenvalue weighted by Crippen LogP contribution is 2.22. The fourth-order valence-electron chi connectivity index (χ4n) is 1.71. The molecule has 1 aromatic rings. The Balaban J connectivity index is 2.89. The Morgan fingerprint density at radius 2 is 2.12 bits per heavy atom. The fourth-order valence-corrected chi connectivity index (χ4v) is 2.55. The minimum absolute atomic E-state index is 0.277. The van der Waals surface area contributed by atoms with Gasteiger partial charge in [-0.05, 0) is 30.9 Å². The number of nitrogens with zero attached hydrogens (tertiary/aromatic N) is 1. The molecule has 0 saturated carbocycles. The van der Waals surface area contributed by atoms with E-state index in [2.05, 4.69) is 18.1 Å². The summed E-state index contributed by atoms with van der Waals surface area (Å²) in [6, 6.07) is 5.09. The quantitative estimate of drug-likeness (QED) is 0.805. The van der Waals surface area contributed by atoms with Crippen LogP contribution in [0.1, 0.15) is 13.3 Å². The molecule has 0 aliphatic carbocycles. The average molecular weight is 242 g/mol. The Morgan fingerprint density at radius 1 is 1.44 bits per heavy atom. The number of hydrogen-bond acceptors (Lipinski definition) is 3. The molecule has 1 aromatic carbocycles. The first kappa shape index (κ1) is 13.2. The summed E-state index contributed by atoms with van der Waals surface area (Å²) in [6.07, 6.45) is 3.12. The van der Waals surface area contributed by atoms with Gasteiger partial charge in [0.25, 0.3) is 0 Å². The highest BCUT2D eigenvalue weighted by molar-refractivity contribution is 7.98. The summed E-state index contributed by atoms with van der Waals surface area (Å²) < 4.78 is 13.2. The molecule has 0 bridgehead atoms. The molecule has 0 heterocycles. The monoisotopic (exact) mass is 242 g/mol. The lowest BCUT2D eigenvalue weighted by Gasteiger charge is -2.29. The van der Waals surface area contributed by atoms with Crippen molar-refractivity contribution in [1.29, 1.82) is 0 Å². The van der Waals surface area contributed by atoms with E-state index in [1.54, 1.807) is 11.8 Å². The van der Waals surface area contributed by atoms with E-state index in [0.717, 1.165) is 17.9 Å². The van der Waals surface area contributed by atoms with E-state index in [0.29, 0.717) is 11.7 Å². The summed E-state index contributed by atoms with van der Waals surface area (Å²) in [5, 5.41) is 0. The van der Waals surface area contributed by atoms with Crippen LogP contribution in [0.3, 0.4) is 0 Å².